The highest BCUT2D eigenvalue weighted by Crippen LogP contribution is 2.34. The van der Waals surface area contributed by atoms with Crippen molar-refractivity contribution in [3.8, 4) is 0 Å². The molecule has 5 rings (SSSR count). The van der Waals surface area contributed by atoms with Crippen LogP contribution in [0.25, 0.3) is 20.4 Å². The van der Waals surface area contributed by atoms with Gasteiger partial charge in [-0.15, -0.1) is 11.3 Å². The SMILES string of the molecule is Cc1ccc(NC(=O)[C@@H](C)n2cnc3c(sc4nc5c(cc43)COC(C)(C)C5)c2=O)cc1. The van der Waals surface area contributed by atoms with Gasteiger partial charge in [0.1, 0.15) is 15.6 Å². The second-order valence-corrected chi connectivity index (χ2v) is 9.94. The van der Waals surface area contributed by atoms with Crippen molar-refractivity contribution in [2.75, 3.05) is 5.32 Å². The first-order valence-corrected chi connectivity index (χ1v) is 11.4. The molecule has 4 heterocycles. The molecule has 32 heavy (non-hydrogen) atoms. The monoisotopic (exact) mass is 448 g/mol. The Bertz CT molecular complexity index is 1420. The number of anilines is 1. The molecule has 0 saturated heterocycles. The van der Waals surface area contributed by atoms with Crippen molar-refractivity contribution >= 4 is 43.4 Å². The molecule has 0 spiro atoms. The van der Waals surface area contributed by atoms with Crippen LogP contribution in [0, 0.1) is 6.92 Å². The topological polar surface area (TPSA) is 86.1 Å². The number of nitrogens with one attached hydrogen (secondary N) is 1. The third kappa shape index (κ3) is 3.59. The molecule has 164 valence electrons. The first-order chi connectivity index (χ1) is 15.2. The van der Waals surface area contributed by atoms with E-state index in [-0.39, 0.29) is 17.1 Å². The van der Waals surface area contributed by atoms with Gasteiger partial charge in [0.15, 0.2) is 0 Å². The summed E-state index contributed by atoms with van der Waals surface area (Å²) >= 11 is 1.33. The van der Waals surface area contributed by atoms with E-state index in [4.69, 9.17) is 9.72 Å². The number of benzene rings is 1. The second-order valence-electron chi connectivity index (χ2n) is 8.94. The number of pyridine rings is 1. The molecule has 0 radical (unpaired) electrons. The summed E-state index contributed by atoms with van der Waals surface area (Å²) < 4.78 is 7.81. The van der Waals surface area contributed by atoms with Crippen molar-refractivity contribution < 1.29 is 9.53 Å². The Balaban J connectivity index is 1.51. The lowest BCUT2D eigenvalue weighted by atomic mass is 9.95. The molecule has 0 fully saturated rings. The van der Waals surface area contributed by atoms with Crippen LogP contribution in [0.1, 0.15) is 43.6 Å². The van der Waals surface area contributed by atoms with Crippen LogP contribution in [-0.4, -0.2) is 26.0 Å². The third-order valence-electron chi connectivity index (χ3n) is 5.89. The summed E-state index contributed by atoms with van der Waals surface area (Å²) in [7, 11) is 0. The van der Waals surface area contributed by atoms with Crippen LogP contribution in [0.2, 0.25) is 0 Å². The molecule has 1 N–H and O–H groups in total. The lowest BCUT2D eigenvalue weighted by Gasteiger charge is -2.30. The van der Waals surface area contributed by atoms with Crippen LogP contribution in [0.3, 0.4) is 0 Å². The number of hydrogen-bond donors (Lipinski definition) is 1. The largest absolute Gasteiger partial charge is 0.370 e. The summed E-state index contributed by atoms with van der Waals surface area (Å²) in [6, 6.07) is 8.87. The fourth-order valence-electron chi connectivity index (χ4n) is 3.94. The average molecular weight is 449 g/mol. The summed E-state index contributed by atoms with van der Waals surface area (Å²) in [6.45, 7) is 8.28. The van der Waals surface area contributed by atoms with Crippen LogP contribution in [0.4, 0.5) is 5.69 Å². The van der Waals surface area contributed by atoms with Gasteiger partial charge in [0, 0.05) is 23.1 Å². The minimum Gasteiger partial charge on any atom is -0.370 e. The van der Waals surface area contributed by atoms with Gasteiger partial charge in [0.25, 0.3) is 5.56 Å². The molecule has 0 unspecified atom stereocenters. The number of fused-ring (bicyclic) bond motifs is 4. The van der Waals surface area contributed by atoms with Crippen LogP contribution in [0.15, 0.2) is 41.5 Å². The van der Waals surface area contributed by atoms with E-state index in [2.05, 4.69) is 24.1 Å². The minimum atomic E-state index is -0.707. The van der Waals surface area contributed by atoms with E-state index >= 15 is 0 Å². The van der Waals surface area contributed by atoms with E-state index < -0.39 is 6.04 Å². The lowest BCUT2D eigenvalue weighted by molar-refractivity contribution is -0.118. The molecule has 1 aliphatic rings. The van der Waals surface area contributed by atoms with Crippen molar-refractivity contribution in [3.05, 3.63) is 63.8 Å². The van der Waals surface area contributed by atoms with E-state index in [1.165, 1.54) is 22.2 Å². The molecule has 7 nitrogen and oxygen atoms in total. The van der Waals surface area contributed by atoms with Crippen LogP contribution < -0.4 is 10.9 Å². The van der Waals surface area contributed by atoms with E-state index in [1.54, 1.807) is 6.92 Å². The average Bonchev–Trinajstić information content (AvgIpc) is 3.11. The molecule has 3 aromatic heterocycles. The molecule has 1 atom stereocenters. The van der Waals surface area contributed by atoms with Crippen LogP contribution in [0.5, 0.6) is 0 Å². The van der Waals surface area contributed by atoms with E-state index in [9.17, 15) is 9.59 Å². The number of hydrogen-bond acceptors (Lipinski definition) is 6. The number of rotatable bonds is 3. The molecule has 1 aromatic carbocycles. The normalized spacial score (nSPS) is 16.1. The Morgan fingerprint density at radius 2 is 2.03 bits per heavy atom. The molecular formula is C24H24N4O3S. The van der Waals surface area contributed by atoms with E-state index in [1.807, 2.05) is 37.3 Å². The fourth-order valence-corrected chi connectivity index (χ4v) is 5.01. The summed E-state index contributed by atoms with van der Waals surface area (Å²) in [6.07, 6.45) is 2.18. The van der Waals surface area contributed by atoms with E-state index in [0.717, 1.165) is 33.5 Å². The van der Waals surface area contributed by atoms with Crippen LogP contribution >= 0.6 is 11.3 Å². The van der Waals surface area contributed by atoms with Crippen molar-refractivity contribution in [2.45, 2.75) is 52.4 Å². The predicted octanol–water partition coefficient (Wildman–Crippen LogP) is 4.37. The molecular weight excluding hydrogens is 424 g/mol. The fraction of sp³-hybridized carbons (Fsp3) is 0.333. The molecule has 0 saturated carbocycles. The van der Waals surface area contributed by atoms with Gasteiger partial charge < -0.3 is 10.1 Å². The van der Waals surface area contributed by atoms with Gasteiger partial charge in [-0.05, 0) is 45.9 Å². The zero-order chi connectivity index (χ0) is 22.6. The number of carbonyl (C=O) groups is 1. The Morgan fingerprint density at radius 1 is 1.28 bits per heavy atom. The van der Waals surface area contributed by atoms with Gasteiger partial charge in [-0.3, -0.25) is 14.2 Å². The minimum absolute atomic E-state index is 0.237. The maximum atomic E-state index is 13.3. The Kier molecular flexibility index (Phi) is 4.87. The van der Waals surface area contributed by atoms with Crippen LogP contribution in [-0.2, 0) is 22.6 Å². The molecule has 0 aliphatic carbocycles. The molecule has 1 amide bonds. The third-order valence-corrected chi connectivity index (χ3v) is 6.97. The van der Waals surface area contributed by atoms with Gasteiger partial charge in [0.2, 0.25) is 5.91 Å². The van der Waals surface area contributed by atoms with Crippen molar-refractivity contribution in [2.24, 2.45) is 0 Å². The first kappa shape index (κ1) is 20.8. The number of ether oxygens (including phenoxy) is 1. The predicted molar refractivity (Wildman–Crippen MR) is 126 cm³/mol. The maximum absolute atomic E-state index is 13.3. The molecule has 0 bridgehead atoms. The Morgan fingerprint density at radius 3 is 2.78 bits per heavy atom. The van der Waals surface area contributed by atoms with Crippen molar-refractivity contribution in [1.29, 1.82) is 0 Å². The zero-order valence-electron chi connectivity index (χ0n) is 18.4. The second kappa shape index (κ2) is 7.50. The Labute approximate surface area is 189 Å². The van der Waals surface area contributed by atoms with Crippen molar-refractivity contribution in [3.63, 3.8) is 0 Å². The molecule has 8 heteroatoms. The van der Waals surface area contributed by atoms with Gasteiger partial charge in [-0.25, -0.2) is 9.97 Å². The summed E-state index contributed by atoms with van der Waals surface area (Å²) in [4.78, 5) is 36.2. The van der Waals surface area contributed by atoms with Gasteiger partial charge in [0.05, 0.1) is 29.7 Å². The summed E-state index contributed by atoms with van der Waals surface area (Å²) in [5.74, 6) is -0.272. The van der Waals surface area contributed by atoms with Gasteiger partial charge >= 0.3 is 0 Å². The quantitative estimate of drug-likeness (QED) is 0.503. The number of aromatic nitrogens is 3. The maximum Gasteiger partial charge on any atom is 0.272 e. The highest BCUT2D eigenvalue weighted by atomic mass is 32.1. The van der Waals surface area contributed by atoms with Crippen molar-refractivity contribution in [1.82, 2.24) is 14.5 Å². The van der Waals surface area contributed by atoms with E-state index in [0.29, 0.717) is 22.5 Å². The number of amides is 1. The number of aryl methyl sites for hydroxylation is 1. The number of nitrogens with zero attached hydrogens (tertiary/aromatic N) is 3. The number of thiophene rings is 1. The summed E-state index contributed by atoms with van der Waals surface area (Å²) in [5.41, 5.74) is 3.97. The Hall–Kier alpha value is -3.10. The van der Waals surface area contributed by atoms with Gasteiger partial charge in [-0.1, -0.05) is 17.7 Å². The smallest absolute Gasteiger partial charge is 0.272 e. The van der Waals surface area contributed by atoms with Gasteiger partial charge in [-0.2, -0.15) is 0 Å². The zero-order valence-corrected chi connectivity index (χ0v) is 19.2. The number of carbonyl (C=O) groups excluding carboxylic acids is 1. The summed E-state index contributed by atoms with van der Waals surface area (Å²) in [5, 5.41) is 3.72. The highest BCUT2D eigenvalue weighted by Gasteiger charge is 2.28. The first-order valence-electron chi connectivity index (χ1n) is 10.6. The molecule has 1 aliphatic heterocycles. The molecule has 4 aromatic rings. The highest BCUT2D eigenvalue weighted by molar-refractivity contribution is 7.25. The standard InChI is InChI=1S/C24H24N4O3S/c1-13-5-7-16(8-6-13)26-21(29)14(2)28-12-25-19-17-9-15-11-31-24(3,4)10-18(15)27-22(17)32-20(19)23(28)30/h5-9,12,14H,10-11H2,1-4H3,(H,26,29)/t14-/m1/s1. The lowest BCUT2D eigenvalue weighted by Crippen LogP contribution is -2.32.